The van der Waals surface area contributed by atoms with Crippen LogP contribution in [-0.2, 0) is 0 Å². The summed E-state index contributed by atoms with van der Waals surface area (Å²) in [6.45, 7) is 3.84. The number of para-hydroxylation sites is 1. The summed E-state index contributed by atoms with van der Waals surface area (Å²) in [7, 11) is 0. The molecule has 0 fully saturated rings. The largest absolute Gasteiger partial charge is 0.368 e. The molecular weight excluding hydrogens is 470 g/mol. The van der Waals surface area contributed by atoms with Gasteiger partial charge < -0.3 is 11.1 Å². The normalized spacial score (nSPS) is 12.1. The highest BCUT2D eigenvalue weighted by atomic mass is 35.5. The van der Waals surface area contributed by atoms with Crippen molar-refractivity contribution in [1.29, 1.82) is 0 Å². The van der Waals surface area contributed by atoms with Crippen molar-refractivity contribution in [2.24, 2.45) is 0 Å². The highest BCUT2D eigenvalue weighted by molar-refractivity contribution is 7.13. The van der Waals surface area contributed by atoms with Crippen LogP contribution in [0.5, 0.6) is 0 Å². The molecule has 0 bridgehead atoms. The van der Waals surface area contributed by atoms with Gasteiger partial charge in [0.2, 0.25) is 5.95 Å². The van der Waals surface area contributed by atoms with Gasteiger partial charge in [0.25, 0.3) is 5.56 Å². The van der Waals surface area contributed by atoms with E-state index >= 15 is 0 Å². The van der Waals surface area contributed by atoms with Crippen LogP contribution in [0.25, 0.3) is 27.2 Å². The molecule has 0 amide bonds. The monoisotopic (exact) mass is 489 g/mol. The van der Waals surface area contributed by atoms with Gasteiger partial charge in [0.15, 0.2) is 0 Å². The second-order valence-electron chi connectivity index (χ2n) is 7.73. The lowest BCUT2D eigenvalue weighted by Gasteiger charge is -2.21. The minimum Gasteiger partial charge on any atom is -0.368 e. The Labute approximate surface area is 204 Å². The molecule has 0 radical (unpaired) electrons. The Morgan fingerprint density at radius 3 is 2.62 bits per heavy atom. The second kappa shape index (κ2) is 8.85. The maximum absolute atomic E-state index is 13.6. The number of aryl methyl sites for hydroxylation is 1. The Bertz CT molecular complexity index is 1570. The lowest BCUT2D eigenvalue weighted by Crippen LogP contribution is -2.27. The highest BCUT2D eigenvalue weighted by Gasteiger charge is 2.21. The van der Waals surface area contributed by atoms with E-state index in [-0.39, 0.29) is 11.5 Å². The summed E-state index contributed by atoms with van der Waals surface area (Å²) < 4.78 is 1.57. The van der Waals surface area contributed by atoms with Crippen LogP contribution in [0.15, 0.2) is 64.9 Å². The first-order valence-electron chi connectivity index (χ1n) is 10.5. The Morgan fingerprint density at radius 1 is 1.09 bits per heavy atom. The topological polar surface area (TPSA) is 112 Å². The second-order valence-corrected chi connectivity index (χ2v) is 9.00. The summed E-state index contributed by atoms with van der Waals surface area (Å²) >= 11 is 7.88. The van der Waals surface area contributed by atoms with Gasteiger partial charge in [0, 0.05) is 17.3 Å². The van der Waals surface area contributed by atoms with Crippen LogP contribution in [-0.4, -0.2) is 24.5 Å². The molecule has 1 atom stereocenters. The maximum atomic E-state index is 13.6. The number of nitrogens with two attached hydrogens (primary N) is 1. The van der Waals surface area contributed by atoms with E-state index in [0.29, 0.717) is 33.3 Å². The third-order valence-electron chi connectivity index (χ3n) is 5.28. The van der Waals surface area contributed by atoms with Crippen molar-refractivity contribution >= 4 is 45.6 Å². The van der Waals surface area contributed by atoms with E-state index < -0.39 is 6.04 Å². The molecule has 34 heavy (non-hydrogen) atoms. The van der Waals surface area contributed by atoms with Crippen molar-refractivity contribution in [3.05, 3.63) is 87.0 Å². The number of nitrogens with one attached hydrogen (secondary N) is 1. The summed E-state index contributed by atoms with van der Waals surface area (Å²) in [6, 6.07) is 14.2. The van der Waals surface area contributed by atoms with E-state index in [0.717, 1.165) is 16.3 Å². The lowest BCUT2D eigenvalue weighted by molar-refractivity contribution is 0.731. The summed E-state index contributed by atoms with van der Waals surface area (Å²) in [4.78, 5) is 31.6. The molecule has 2 aromatic carbocycles. The minimum atomic E-state index is -0.426. The number of hydrogen-bond donors (Lipinski definition) is 2. The van der Waals surface area contributed by atoms with Crippen LogP contribution in [0.2, 0.25) is 5.02 Å². The Kier molecular flexibility index (Phi) is 5.72. The number of rotatable bonds is 5. The summed E-state index contributed by atoms with van der Waals surface area (Å²) in [5.41, 5.74) is 8.48. The quantitative estimate of drug-likeness (QED) is 0.356. The molecule has 0 unspecified atom stereocenters. The fourth-order valence-electron chi connectivity index (χ4n) is 3.73. The van der Waals surface area contributed by atoms with E-state index in [4.69, 9.17) is 22.3 Å². The van der Waals surface area contributed by atoms with Crippen molar-refractivity contribution in [2.45, 2.75) is 19.9 Å². The van der Waals surface area contributed by atoms with Crippen molar-refractivity contribution in [1.82, 2.24) is 24.5 Å². The zero-order valence-electron chi connectivity index (χ0n) is 18.4. The van der Waals surface area contributed by atoms with Crippen LogP contribution in [0.4, 0.5) is 11.8 Å². The zero-order chi connectivity index (χ0) is 23.8. The Morgan fingerprint density at radius 2 is 1.88 bits per heavy atom. The molecule has 0 aliphatic carbocycles. The zero-order valence-corrected chi connectivity index (χ0v) is 19.9. The van der Waals surface area contributed by atoms with Gasteiger partial charge in [-0.05, 0) is 38.1 Å². The van der Waals surface area contributed by atoms with E-state index in [2.05, 4.69) is 20.3 Å². The molecule has 0 spiro atoms. The maximum Gasteiger partial charge on any atom is 0.267 e. The van der Waals surface area contributed by atoms with Gasteiger partial charge >= 0.3 is 0 Å². The molecule has 0 aliphatic rings. The van der Waals surface area contributed by atoms with Crippen LogP contribution < -0.4 is 16.6 Å². The predicted molar refractivity (Wildman–Crippen MR) is 137 cm³/mol. The fraction of sp³-hybridized carbons (Fsp3) is 0.125. The SMILES string of the molecule is Cc1csc(-c2cnc(N)nc2N[C@H](C)c2nc3cccc(Cl)c3c(=O)n2-c2ccccc2)n1. The number of aromatic nitrogens is 5. The van der Waals surface area contributed by atoms with Crippen molar-refractivity contribution in [3.8, 4) is 16.3 Å². The standard InChI is InChI=1S/C24H20ClN7OS/c1-13-12-34-22(28-13)16-11-27-24(26)31-20(16)29-14(2)21-30-18-10-6-9-17(25)19(18)23(33)32(21)15-7-4-3-5-8-15/h3-12,14H,1-2H3,(H3,26,27,29,31)/t14-/m1/s1. The van der Waals surface area contributed by atoms with E-state index in [1.807, 2.05) is 49.6 Å². The van der Waals surface area contributed by atoms with Crippen LogP contribution >= 0.6 is 22.9 Å². The number of thiazole rings is 1. The first kappa shape index (κ1) is 22.0. The number of fused-ring (bicyclic) bond motifs is 1. The molecular formula is C24H20ClN7OS. The van der Waals surface area contributed by atoms with Crippen molar-refractivity contribution in [2.75, 3.05) is 11.1 Å². The van der Waals surface area contributed by atoms with Gasteiger partial charge in [-0.25, -0.2) is 15.0 Å². The molecule has 5 aromatic rings. The van der Waals surface area contributed by atoms with Gasteiger partial charge in [-0.3, -0.25) is 9.36 Å². The summed E-state index contributed by atoms with van der Waals surface area (Å²) in [5, 5.41) is 6.83. The molecule has 0 saturated carbocycles. The van der Waals surface area contributed by atoms with Crippen molar-refractivity contribution in [3.63, 3.8) is 0 Å². The molecule has 8 nitrogen and oxygen atoms in total. The number of hydrogen-bond acceptors (Lipinski definition) is 8. The molecule has 10 heteroatoms. The molecule has 5 rings (SSSR count). The molecule has 170 valence electrons. The first-order chi connectivity index (χ1) is 16.4. The van der Waals surface area contributed by atoms with Gasteiger partial charge in [0.05, 0.1) is 33.2 Å². The molecule has 0 aliphatic heterocycles. The molecule has 3 N–H and O–H groups in total. The molecule has 3 heterocycles. The van der Waals surface area contributed by atoms with Crippen LogP contribution in [0.1, 0.15) is 24.5 Å². The van der Waals surface area contributed by atoms with E-state index in [1.165, 1.54) is 11.3 Å². The molecule has 3 aromatic heterocycles. The lowest BCUT2D eigenvalue weighted by atomic mass is 10.2. The van der Waals surface area contributed by atoms with Crippen LogP contribution in [0.3, 0.4) is 0 Å². The highest BCUT2D eigenvalue weighted by Crippen LogP contribution is 2.32. The van der Waals surface area contributed by atoms with E-state index in [1.54, 1.807) is 29.0 Å². The van der Waals surface area contributed by atoms with Crippen molar-refractivity contribution < 1.29 is 0 Å². The summed E-state index contributed by atoms with van der Waals surface area (Å²) in [6.07, 6.45) is 1.65. The Balaban J connectivity index is 1.67. The van der Waals surface area contributed by atoms with E-state index in [9.17, 15) is 4.79 Å². The third-order valence-corrected chi connectivity index (χ3v) is 6.59. The number of nitrogen functional groups attached to an aromatic ring is 1. The Hall–Kier alpha value is -3.82. The predicted octanol–water partition coefficient (Wildman–Crippen LogP) is 5.02. The molecule has 0 saturated heterocycles. The number of nitrogens with zero attached hydrogens (tertiary/aromatic N) is 5. The third kappa shape index (κ3) is 4.00. The van der Waals surface area contributed by atoms with Gasteiger partial charge in [-0.2, -0.15) is 4.98 Å². The fourth-order valence-corrected chi connectivity index (χ4v) is 4.79. The summed E-state index contributed by atoms with van der Waals surface area (Å²) in [5.74, 6) is 1.14. The smallest absolute Gasteiger partial charge is 0.267 e. The first-order valence-corrected chi connectivity index (χ1v) is 11.8. The number of benzene rings is 2. The van der Waals surface area contributed by atoms with Gasteiger partial charge in [-0.15, -0.1) is 11.3 Å². The van der Waals surface area contributed by atoms with Crippen LogP contribution in [0, 0.1) is 6.92 Å². The average Bonchev–Trinajstić information content (AvgIpc) is 3.25. The average molecular weight is 490 g/mol. The van der Waals surface area contributed by atoms with Gasteiger partial charge in [0.1, 0.15) is 16.6 Å². The number of anilines is 2. The van der Waals surface area contributed by atoms with Gasteiger partial charge in [-0.1, -0.05) is 35.9 Å². The minimum absolute atomic E-state index is 0.130. The number of halogens is 1.